The third-order valence-electron chi connectivity index (χ3n) is 3.82. The highest BCUT2D eigenvalue weighted by atomic mass is 32.1. The van der Waals surface area contributed by atoms with Crippen molar-refractivity contribution < 1.29 is 0 Å². The zero-order valence-electron chi connectivity index (χ0n) is 12.9. The standard InChI is InChI=1S/C15H27N3S/c1-10(2)12-13(15(4,5)16)19-14(17-12)18-9-7-6-8-11(18)3/h10-11H,6-9,16H2,1-5H3. The van der Waals surface area contributed by atoms with Crippen LogP contribution in [0.2, 0.25) is 0 Å². The number of thiazole rings is 1. The second kappa shape index (κ2) is 5.41. The highest BCUT2D eigenvalue weighted by Gasteiger charge is 2.28. The van der Waals surface area contributed by atoms with Crippen molar-refractivity contribution in [3.63, 3.8) is 0 Å². The molecule has 0 aliphatic carbocycles. The average molecular weight is 281 g/mol. The Hall–Kier alpha value is -0.610. The molecule has 2 N–H and O–H groups in total. The third kappa shape index (κ3) is 3.11. The minimum atomic E-state index is -0.297. The second-order valence-electron chi connectivity index (χ2n) is 6.63. The van der Waals surface area contributed by atoms with Gasteiger partial charge in [-0.3, -0.25) is 0 Å². The van der Waals surface area contributed by atoms with Gasteiger partial charge in [-0.2, -0.15) is 0 Å². The van der Waals surface area contributed by atoms with E-state index in [1.807, 2.05) is 0 Å². The van der Waals surface area contributed by atoms with E-state index >= 15 is 0 Å². The van der Waals surface area contributed by atoms with Crippen LogP contribution < -0.4 is 10.6 Å². The van der Waals surface area contributed by atoms with Gasteiger partial charge in [0, 0.05) is 23.0 Å². The van der Waals surface area contributed by atoms with E-state index in [9.17, 15) is 0 Å². The second-order valence-corrected chi connectivity index (χ2v) is 7.60. The fraction of sp³-hybridized carbons (Fsp3) is 0.800. The lowest BCUT2D eigenvalue weighted by atomic mass is 9.98. The van der Waals surface area contributed by atoms with Crippen LogP contribution in [0, 0.1) is 0 Å². The van der Waals surface area contributed by atoms with Crippen LogP contribution in [0.1, 0.15) is 70.4 Å². The summed E-state index contributed by atoms with van der Waals surface area (Å²) >= 11 is 1.79. The van der Waals surface area contributed by atoms with E-state index in [0.29, 0.717) is 12.0 Å². The first-order chi connectivity index (χ1) is 8.80. The summed E-state index contributed by atoms with van der Waals surface area (Å²) in [5.74, 6) is 0.433. The maximum absolute atomic E-state index is 6.32. The summed E-state index contributed by atoms with van der Waals surface area (Å²) in [5.41, 5.74) is 7.21. The van der Waals surface area contributed by atoms with E-state index in [1.165, 1.54) is 35.0 Å². The van der Waals surface area contributed by atoms with Gasteiger partial charge in [0.15, 0.2) is 5.13 Å². The zero-order valence-corrected chi connectivity index (χ0v) is 13.7. The molecule has 1 atom stereocenters. The molecule has 1 unspecified atom stereocenters. The van der Waals surface area contributed by atoms with Crippen molar-refractivity contribution in [2.24, 2.45) is 5.73 Å². The molecule has 0 amide bonds. The first-order valence-corrected chi connectivity index (χ1v) is 8.19. The van der Waals surface area contributed by atoms with Crippen molar-refractivity contribution in [1.82, 2.24) is 4.98 Å². The Morgan fingerprint density at radius 3 is 2.53 bits per heavy atom. The Morgan fingerprint density at radius 1 is 1.37 bits per heavy atom. The maximum Gasteiger partial charge on any atom is 0.186 e. The molecular formula is C15H27N3S. The zero-order chi connectivity index (χ0) is 14.2. The van der Waals surface area contributed by atoms with E-state index in [1.54, 1.807) is 11.3 Å². The molecule has 3 nitrogen and oxygen atoms in total. The minimum Gasteiger partial charge on any atom is -0.345 e. The lowest BCUT2D eigenvalue weighted by Crippen LogP contribution is -2.37. The van der Waals surface area contributed by atoms with Gasteiger partial charge in [-0.1, -0.05) is 25.2 Å². The van der Waals surface area contributed by atoms with Gasteiger partial charge in [0.25, 0.3) is 0 Å². The van der Waals surface area contributed by atoms with Crippen molar-refractivity contribution in [3.8, 4) is 0 Å². The first-order valence-electron chi connectivity index (χ1n) is 7.37. The molecule has 1 aliphatic heterocycles. The molecule has 19 heavy (non-hydrogen) atoms. The average Bonchev–Trinajstić information content (AvgIpc) is 2.74. The van der Waals surface area contributed by atoms with E-state index in [0.717, 1.165) is 6.54 Å². The van der Waals surface area contributed by atoms with Gasteiger partial charge in [-0.25, -0.2) is 4.98 Å². The Labute approximate surface area is 121 Å². The number of hydrogen-bond acceptors (Lipinski definition) is 4. The maximum atomic E-state index is 6.32. The van der Waals surface area contributed by atoms with Crippen molar-refractivity contribution in [2.45, 2.75) is 71.4 Å². The number of hydrogen-bond donors (Lipinski definition) is 1. The van der Waals surface area contributed by atoms with Crippen LogP contribution in [0.25, 0.3) is 0 Å². The summed E-state index contributed by atoms with van der Waals surface area (Å²) in [4.78, 5) is 8.63. The number of nitrogens with zero attached hydrogens (tertiary/aromatic N) is 2. The van der Waals surface area contributed by atoms with Crippen LogP contribution in [-0.4, -0.2) is 17.6 Å². The summed E-state index contributed by atoms with van der Waals surface area (Å²) in [5, 5.41) is 1.17. The number of rotatable bonds is 3. The summed E-state index contributed by atoms with van der Waals surface area (Å²) in [6.07, 6.45) is 3.90. The monoisotopic (exact) mass is 281 g/mol. The van der Waals surface area contributed by atoms with Crippen LogP contribution in [0.3, 0.4) is 0 Å². The predicted molar refractivity (Wildman–Crippen MR) is 84.1 cm³/mol. The van der Waals surface area contributed by atoms with E-state index in [2.05, 4.69) is 39.5 Å². The van der Waals surface area contributed by atoms with E-state index in [4.69, 9.17) is 10.7 Å². The lowest BCUT2D eigenvalue weighted by molar-refractivity contribution is 0.483. The molecule has 1 fully saturated rings. The fourth-order valence-electron chi connectivity index (χ4n) is 2.68. The fourth-order valence-corrected chi connectivity index (χ4v) is 4.04. The SMILES string of the molecule is CC(C)c1nc(N2CCCCC2C)sc1C(C)(C)N. The predicted octanol–water partition coefficient (Wildman–Crippen LogP) is 3.84. The molecule has 0 spiro atoms. The van der Waals surface area contributed by atoms with E-state index in [-0.39, 0.29) is 5.54 Å². The molecule has 1 saturated heterocycles. The minimum absolute atomic E-state index is 0.297. The Kier molecular flexibility index (Phi) is 4.21. The molecule has 2 rings (SSSR count). The van der Waals surface area contributed by atoms with Crippen LogP contribution in [0.5, 0.6) is 0 Å². The van der Waals surface area contributed by atoms with Crippen molar-refractivity contribution in [3.05, 3.63) is 10.6 Å². The molecule has 0 saturated carbocycles. The van der Waals surface area contributed by atoms with Crippen molar-refractivity contribution >= 4 is 16.5 Å². The van der Waals surface area contributed by atoms with Crippen LogP contribution in [0.15, 0.2) is 0 Å². The molecule has 0 aromatic carbocycles. The first kappa shape index (κ1) is 14.8. The molecule has 4 heteroatoms. The summed E-state index contributed by atoms with van der Waals surface area (Å²) in [7, 11) is 0. The molecule has 108 valence electrons. The van der Waals surface area contributed by atoms with Crippen LogP contribution >= 0.6 is 11.3 Å². The number of anilines is 1. The number of piperidine rings is 1. The molecule has 1 aromatic heterocycles. The lowest BCUT2D eigenvalue weighted by Gasteiger charge is -2.33. The molecule has 1 aliphatic rings. The Bertz CT molecular complexity index is 431. The van der Waals surface area contributed by atoms with E-state index < -0.39 is 0 Å². The highest BCUT2D eigenvalue weighted by Crippen LogP contribution is 2.38. The van der Waals surface area contributed by atoms with Gasteiger partial charge in [0.05, 0.1) is 5.69 Å². The molecule has 1 aromatic rings. The van der Waals surface area contributed by atoms with Crippen LogP contribution in [-0.2, 0) is 5.54 Å². The van der Waals surface area contributed by atoms with Gasteiger partial charge in [-0.05, 0) is 46.0 Å². The molecule has 0 radical (unpaired) electrons. The Morgan fingerprint density at radius 2 is 2.05 bits per heavy atom. The third-order valence-corrected chi connectivity index (χ3v) is 5.27. The van der Waals surface area contributed by atoms with Gasteiger partial charge in [0.1, 0.15) is 0 Å². The van der Waals surface area contributed by atoms with Gasteiger partial charge in [-0.15, -0.1) is 0 Å². The topological polar surface area (TPSA) is 42.2 Å². The number of nitrogens with two attached hydrogens (primary N) is 1. The molecular weight excluding hydrogens is 254 g/mol. The van der Waals surface area contributed by atoms with Crippen molar-refractivity contribution in [1.29, 1.82) is 0 Å². The smallest absolute Gasteiger partial charge is 0.186 e. The normalized spacial score (nSPS) is 21.2. The largest absolute Gasteiger partial charge is 0.345 e. The molecule has 0 bridgehead atoms. The van der Waals surface area contributed by atoms with Gasteiger partial charge in [0.2, 0.25) is 0 Å². The van der Waals surface area contributed by atoms with Gasteiger partial charge >= 0.3 is 0 Å². The molecule has 2 heterocycles. The van der Waals surface area contributed by atoms with Crippen molar-refractivity contribution in [2.75, 3.05) is 11.4 Å². The summed E-state index contributed by atoms with van der Waals surface area (Å²) in [6.45, 7) is 12.0. The summed E-state index contributed by atoms with van der Waals surface area (Å²) < 4.78 is 0. The van der Waals surface area contributed by atoms with Crippen LogP contribution in [0.4, 0.5) is 5.13 Å². The van der Waals surface area contributed by atoms with Gasteiger partial charge < -0.3 is 10.6 Å². The number of aromatic nitrogens is 1. The quantitative estimate of drug-likeness (QED) is 0.915. The Balaban J connectivity index is 2.37. The highest BCUT2D eigenvalue weighted by molar-refractivity contribution is 7.15. The summed E-state index contributed by atoms with van der Waals surface area (Å²) in [6, 6.07) is 0.605.